The number of esters is 1. The molecular formula is C58H98N2O7P+. The molecule has 9 nitrogen and oxygen atoms in total. The number of amides is 1. The number of ether oxygens (including phenoxy) is 1. The number of phosphoric acid groups is 1. The Bertz CT molecular complexity index is 1580. The number of unbranched alkanes of at least 4 members (excludes halogenated alkanes) is 18. The summed E-state index contributed by atoms with van der Waals surface area (Å²) in [5.41, 5.74) is 0. The van der Waals surface area contributed by atoms with E-state index in [1.165, 1.54) is 51.4 Å². The van der Waals surface area contributed by atoms with Gasteiger partial charge in [0.2, 0.25) is 5.91 Å². The van der Waals surface area contributed by atoms with Gasteiger partial charge in [0, 0.05) is 12.8 Å². The van der Waals surface area contributed by atoms with E-state index in [9.17, 15) is 19.0 Å². The highest BCUT2D eigenvalue weighted by Crippen LogP contribution is 2.43. The molecule has 1 amide bonds. The molecule has 0 aromatic heterocycles. The second kappa shape index (κ2) is 47.1. The first kappa shape index (κ1) is 64.4. The van der Waals surface area contributed by atoms with Crippen molar-refractivity contribution >= 4 is 19.7 Å². The number of carbonyl (C=O) groups excluding carboxylic acids is 2. The third-order valence-electron chi connectivity index (χ3n) is 10.9. The largest absolute Gasteiger partial charge is 0.472 e. The maximum Gasteiger partial charge on any atom is 0.472 e. The summed E-state index contributed by atoms with van der Waals surface area (Å²) in [6, 6.07) is -0.887. The number of nitrogens with zero attached hydrogens (tertiary/aromatic N) is 1. The Kier molecular flexibility index (Phi) is 44.6. The molecule has 0 saturated carbocycles. The van der Waals surface area contributed by atoms with Gasteiger partial charge in [0.05, 0.1) is 33.8 Å². The van der Waals surface area contributed by atoms with Crippen molar-refractivity contribution in [2.45, 2.75) is 193 Å². The van der Waals surface area contributed by atoms with E-state index in [0.29, 0.717) is 23.9 Å². The molecule has 3 unspecified atom stereocenters. The van der Waals surface area contributed by atoms with Gasteiger partial charge < -0.3 is 19.4 Å². The number of quaternary nitrogens is 1. The Labute approximate surface area is 416 Å². The molecule has 0 aliphatic carbocycles. The van der Waals surface area contributed by atoms with E-state index in [1.807, 2.05) is 100 Å². The molecule has 0 aliphatic heterocycles. The van der Waals surface area contributed by atoms with Crippen molar-refractivity contribution in [1.82, 2.24) is 5.32 Å². The molecule has 68 heavy (non-hydrogen) atoms. The lowest BCUT2D eigenvalue weighted by Gasteiger charge is -2.27. The summed E-state index contributed by atoms with van der Waals surface area (Å²) in [5, 5.41) is 3.00. The molecule has 0 heterocycles. The van der Waals surface area contributed by atoms with E-state index in [-0.39, 0.29) is 37.9 Å². The Hall–Kier alpha value is -3.59. The van der Waals surface area contributed by atoms with Gasteiger partial charge in [-0.05, 0) is 70.3 Å². The van der Waals surface area contributed by atoms with Gasteiger partial charge in [0.25, 0.3) is 0 Å². The van der Waals surface area contributed by atoms with Crippen LogP contribution in [-0.4, -0.2) is 74.3 Å². The minimum atomic E-state index is -4.47. The molecule has 0 fully saturated rings. The molecule has 0 radical (unpaired) electrons. The Morgan fingerprint density at radius 2 is 0.941 bits per heavy atom. The van der Waals surface area contributed by atoms with Crippen molar-refractivity contribution in [2.24, 2.45) is 0 Å². The van der Waals surface area contributed by atoms with Gasteiger partial charge in [-0.2, -0.15) is 0 Å². The van der Waals surface area contributed by atoms with Crippen molar-refractivity contribution in [3.05, 3.63) is 122 Å². The molecule has 10 heteroatoms. The number of likely N-dealkylation sites (N-methyl/N-ethyl adjacent to an activating group) is 1. The first-order valence-corrected chi connectivity index (χ1v) is 28.0. The van der Waals surface area contributed by atoms with Gasteiger partial charge in [-0.25, -0.2) is 4.57 Å². The number of phosphoric ester groups is 1. The molecule has 2 N–H and O–H groups in total. The van der Waals surface area contributed by atoms with Crippen LogP contribution in [0.4, 0.5) is 0 Å². The number of hydrogen-bond donors (Lipinski definition) is 2. The van der Waals surface area contributed by atoms with E-state index in [0.717, 1.165) is 83.5 Å². The monoisotopic (exact) mass is 966 g/mol. The molecule has 0 bridgehead atoms. The number of nitrogens with one attached hydrogen (secondary N) is 1. The first-order valence-electron chi connectivity index (χ1n) is 26.5. The van der Waals surface area contributed by atoms with Crippen LogP contribution in [0.15, 0.2) is 122 Å². The maximum atomic E-state index is 13.4. The number of allylic oxidation sites excluding steroid dienone is 19. The van der Waals surface area contributed by atoms with E-state index in [2.05, 4.69) is 68.6 Å². The van der Waals surface area contributed by atoms with Gasteiger partial charge >= 0.3 is 13.8 Å². The Balaban J connectivity index is 5.56. The predicted octanol–water partition coefficient (Wildman–Crippen LogP) is 15.6. The molecule has 386 valence electrons. The summed E-state index contributed by atoms with van der Waals surface area (Å²) in [7, 11) is 1.43. The second-order valence-electron chi connectivity index (χ2n) is 18.5. The summed E-state index contributed by atoms with van der Waals surface area (Å²) in [6.45, 7) is 6.64. The minimum absolute atomic E-state index is 0.0201. The van der Waals surface area contributed by atoms with Crippen LogP contribution in [0.1, 0.15) is 181 Å². The molecule has 0 aromatic rings. The zero-order chi connectivity index (χ0) is 50.1. The quantitative estimate of drug-likeness (QED) is 0.0156. The number of hydrogen-bond acceptors (Lipinski definition) is 6. The van der Waals surface area contributed by atoms with Crippen LogP contribution in [0, 0.1) is 0 Å². The normalized spacial score (nSPS) is 14.9. The summed E-state index contributed by atoms with van der Waals surface area (Å²) >= 11 is 0. The lowest BCUT2D eigenvalue weighted by atomic mass is 10.1. The summed E-state index contributed by atoms with van der Waals surface area (Å²) < 4.78 is 30.5. The molecule has 0 saturated heterocycles. The SMILES string of the molecule is CC\C=C/C=C/C=C/C=C\C=C\C=C\CCCCCC(=O)NC(COP(=O)(O)OCC[N+](C)(C)C)C(/C=C\CCCCCCCCCCCC)OC(=O)CCCCCCC\C=C/C=C/C=C/CC. The van der Waals surface area contributed by atoms with Crippen LogP contribution >= 0.6 is 7.82 Å². The van der Waals surface area contributed by atoms with Crippen LogP contribution in [-0.2, 0) is 27.9 Å². The molecule has 0 spiro atoms. The van der Waals surface area contributed by atoms with Gasteiger partial charge in [-0.3, -0.25) is 18.6 Å². The molecule has 0 aliphatic rings. The zero-order valence-electron chi connectivity index (χ0n) is 43.8. The van der Waals surface area contributed by atoms with E-state index in [1.54, 1.807) is 0 Å². The highest BCUT2D eigenvalue weighted by Gasteiger charge is 2.30. The Morgan fingerprint density at radius 1 is 0.529 bits per heavy atom. The van der Waals surface area contributed by atoms with Gasteiger partial charge in [0.15, 0.2) is 0 Å². The summed E-state index contributed by atoms with van der Waals surface area (Å²) in [6.07, 6.45) is 64.8. The molecule has 0 rings (SSSR count). The first-order chi connectivity index (χ1) is 32.9. The fourth-order valence-corrected chi connectivity index (χ4v) is 7.53. The van der Waals surface area contributed by atoms with Crippen LogP contribution in [0.5, 0.6) is 0 Å². The van der Waals surface area contributed by atoms with Crippen molar-refractivity contribution in [2.75, 3.05) is 40.9 Å². The number of rotatable bonds is 45. The molecular weight excluding hydrogens is 868 g/mol. The number of carbonyl (C=O) groups is 2. The van der Waals surface area contributed by atoms with E-state index < -0.39 is 20.0 Å². The average Bonchev–Trinajstić information content (AvgIpc) is 3.29. The Morgan fingerprint density at radius 3 is 1.43 bits per heavy atom. The summed E-state index contributed by atoms with van der Waals surface area (Å²) in [4.78, 5) is 37.5. The fraction of sp³-hybridized carbons (Fsp3) is 0.621. The maximum absolute atomic E-state index is 13.4. The van der Waals surface area contributed by atoms with Gasteiger partial charge in [0.1, 0.15) is 19.3 Å². The molecule has 0 aromatic carbocycles. The standard InChI is InChI=1S/C58H97N2O7P/c1-7-10-13-16-19-22-25-28-29-30-31-33-35-38-41-44-47-50-57(61)59-55(54-66-68(63,64)65-53-52-60(4,5)6)56(49-46-43-40-37-34-27-24-21-18-15-12-9-3)67-58(62)51-48-45-42-39-36-32-26-23-20-17-14-11-8-2/h10-11,13-14,16-17,19-20,22-23,25-26,28-31,33,35,46,49,55-56H,7-9,12,15,18,21,24,27,32,34,36-45,47-48,50-54H2,1-6H3,(H-,59,61,63,64)/p+1/b13-10-,14-11+,19-16+,20-17+,25-22+,26-23-,29-28-,31-30+,35-33+,49-46-. The molecule has 3 atom stereocenters. The third-order valence-corrected chi connectivity index (χ3v) is 11.9. The van der Waals surface area contributed by atoms with Gasteiger partial charge in [-0.15, -0.1) is 0 Å². The smallest absolute Gasteiger partial charge is 0.456 e. The van der Waals surface area contributed by atoms with Crippen LogP contribution in [0.25, 0.3) is 0 Å². The van der Waals surface area contributed by atoms with Crippen LogP contribution < -0.4 is 5.32 Å². The van der Waals surface area contributed by atoms with E-state index in [4.69, 9.17) is 13.8 Å². The zero-order valence-corrected chi connectivity index (χ0v) is 44.7. The van der Waals surface area contributed by atoms with Crippen molar-refractivity contribution in [3.8, 4) is 0 Å². The lowest BCUT2D eigenvalue weighted by Crippen LogP contribution is -2.47. The second-order valence-corrected chi connectivity index (χ2v) is 20.0. The highest BCUT2D eigenvalue weighted by molar-refractivity contribution is 7.47. The minimum Gasteiger partial charge on any atom is -0.456 e. The fourth-order valence-electron chi connectivity index (χ4n) is 6.79. The average molecular weight is 966 g/mol. The summed E-state index contributed by atoms with van der Waals surface area (Å²) in [5.74, 6) is -0.594. The van der Waals surface area contributed by atoms with Crippen LogP contribution in [0.2, 0.25) is 0 Å². The van der Waals surface area contributed by atoms with Crippen molar-refractivity contribution in [1.29, 1.82) is 0 Å². The third kappa shape index (κ3) is 47.5. The predicted molar refractivity (Wildman–Crippen MR) is 290 cm³/mol. The van der Waals surface area contributed by atoms with Crippen LogP contribution in [0.3, 0.4) is 0 Å². The van der Waals surface area contributed by atoms with Crippen molar-refractivity contribution in [3.63, 3.8) is 0 Å². The van der Waals surface area contributed by atoms with E-state index >= 15 is 0 Å². The highest BCUT2D eigenvalue weighted by atomic mass is 31.2. The van der Waals surface area contributed by atoms with Crippen molar-refractivity contribution < 1.29 is 37.3 Å². The topological polar surface area (TPSA) is 111 Å². The van der Waals surface area contributed by atoms with Gasteiger partial charge in [-0.1, -0.05) is 220 Å². The lowest BCUT2D eigenvalue weighted by molar-refractivity contribution is -0.870.